The summed E-state index contributed by atoms with van der Waals surface area (Å²) in [6.45, 7) is 6.97. The minimum absolute atomic E-state index is 0.0399. The van der Waals surface area contributed by atoms with E-state index in [9.17, 15) is 19.2 Å². The number of amides is 2. The van der Waals surface area contributed by atoms with E-state index in [1.54, 1.807) is 65.3 Å². The molecular weight excluding hydrogens is 909 g/mol. The van der Waals surface area contributed by atoms with Crippen LogP contribution in [-0.2, 0) is 48.4 Å². The molecule has 20 heteroatoms. The monoisotopic (exact) mass is 950 g/mol. The Morgan fingerprint density at radius 3 is 2.50 bits per heavy atom. The normalized spacial score (nSPS) is 16.7. The first-order valence-corrected chi connectivity index (χ1v) is 22.3. The second-order valence-corrected chi connectivity index (χ2v) is 19.1. The quantitative estimate of drug-likeness (QED) is 0.0293. The summed E-state index contributed by atoms with van der Waals surface area (Å²) < 4.78 is 35.9. The van der Waals surface area contributed by atoms with E-state index < -0.39 is 46.5 Å². The minimum Gasteiger partial charge on any atom is -0.497 e. The van der Waals surface area contributed by atoms with Crippen molar-refractivity contribution in [3.8, 4) is 5.75 Å². The lowest BCUT2D eigenvalue weighted by Crippen LogP contribution is -2.62. The second kappa shape index (κ2) is 19.1. The third-order valence-electron chi connectivity index (χ3n) is 10.2. The lowest BCUT2D eigenvalue weighted by atomic mass is 9.89. The zero-order valence-corrected chi connectivity index (χ0v) is 38.7. The van der Waals surface area contributed by atoms with Crippen LogP contribution < -0.4 is 15.0 Å². The number of pyridine rings is 1. The zero-order valence-electron chi connectivity index (χ0n) is 35.5. The van der Waals surface area contributed by atoms with E-state index in [0.717, 1.165) is 17.0 Å². The lowest BCUT2D eigenvalue weighted by Gasteiger charge is -2.49. The van der Waals surface area contributed by atoms with Gasteiger partial charge in [-0.1, -0.05) is 40.5 Å². The molecule has 0 bridgehead atoms. The Kier molecular flexibility index (Phi) is 13.8. The van der Waals surface area contributed by atoms with Crippen LogP contribution in [-0.4, -0.2) is 80.7 Å². The Labute approximate surface area is 385 Å². The summed E-state index contributed by atoms with van der Waals surface area (Å²) >= 11 is 15.6. The lowest BCUT2D eigenvalue weighted by molar-refractivity contribution is -0.687. The van der Waals surface area contributed by atoms with E-state index in [4.69, 9.17) is 48.0 Å². The molecule has 1 fully saturated rings. The summed E-state index contributed by atoms with van der Waals surface area (Å²) in [5.41, 5.74) is 7.75. The van der Waals surface area contributed by atoms with Gasteiger partial charge >= 0.3 is 12.1 Å². The highest BCUT2D eigenvalue weighted by Gasteiger charge is 2.55. The van der Waals surface area contributed by atoms with Gasteiger partial charge in [0.2, 0.25) is 5.91 Å². The highest BCUT2D eigenvalue weighted by atomic mass is 35.5. The van der Waals surface area contributed by atoms with Crippen LogP contribution in [0.2, 0.25) is 9.36 Å². The average molecular weight is 952 g/mol. The molecule has 2 aromatic carbocycles. The van der Waals surface area contributed by atoms with Crippen LogP contribution in [0.15, 0.2) is 88.5 Å². The molecule has 64 heavy (non-hydrogen) atoms. The van der Waals surface area contributed by atoms with E-state index >= 15 is 4.39 Å². The van der Waals surface area contributed by atoms with Crippen molar-refractivity contribution in [1.29, 1.82) is 0 Å². The van der Waals surface area contributed by atoms with Gasteiger partial charge in [-0.15, -0.1) is 23.1 Å². The number of thioether (sulfide) groups is 1. The number of thiazole rings is 1. The number of aliphatic imine (C=N–C) groups is 1. The number of methoxy groups -OCH3 is 1. The van der Waals surface area contributed by atoms with Crippen molar-refractivity contribution in [2.24, 2.45) is 21.8 Å². The number of ether oxygens (including phenoxy) is 3. The molecule has 0 unspecified atom stereocenters. The van der Waals surface area contributed by atoms with E-state index in [-0.39, 0.29) is 69.5 Å². The molecule has 2 amide bonds. The number of esters is 1. The smallest absolute Gasteiger partial charge is 0.436 e. The summed E-state index contributed by atoms with van der Waals surface area (Å²) in [7, 11) is 2.86. The number of amidine groups is 1. The first kappa shape index (κ1) is 46.2. The Bertz CT molecular complexity index is 2740. The molecule has 0 spiro atoms. The fourth-order valence-electron chi connectivity index (χ4n) is 7.17. The van der Waals surface area contributed by atoms with Crippen molar-refractivity contribution < 1.29 is 47.2 Å². The van der Waals surface area contributed by atoms with Gasteiger partial charge in [0.1, 0.15) is 58.0 Å². The number of nitrogens with two attached hydrogens (primary N) is 1. The Hall–Kier alpha value is -5.82. The Morgan fingerprint density at radius 2 is 1.84 bits per heavy atom. The number of β-lactam (4-membered cyclic amide) rings is 1. The molecule has 1 saturated heterocycles. The summed E-state index contributed by atoms with van der Waals surface area (Å²) in [6, 6.07) is 13.4. The highest BCUT2D eigenvalue weighted by Crippen LogP contribution is 2.46. The molecule has 2 atom stereocenters. The Morgan fingerprint density at radius 1 is 1.09 bits per heavy atom. The Balaban J connectivity index is 1.15. The molecule has 2 aliphatic heterocycles. The van der Waals surface area contributed by atoms with Crippen molar-refractivity contribution in [2.75, 3.05) is 20.0 Å². The third-order valence-corrected chi connectivity index (χ3v) is 13.1. The number of ketones is 1. The van der Waals surface area contributed by atoms with Gasteiger partial charge in [-0.05, 0) is 63.6 Å². The average Bonchev–Trinajstić information content (AvgIpc) is 3.81. The van der Waals surface area contributed by atoms with Gasteiger partial charge in [0.05, 0.1) is 30.0 Å². The van der Waals surface area contributed by atoms with E-state index in [0.29, 0.717) is 27.6 Å². The molecular formula is C44H43Cl2FN7O8S2+. The molecule has 7 rings (SSSR count). The van der Waals surface area contributed by atoms with Crippen molar-refractivity contribution in [1.82, 2.24) is 14.5 Å². The van der Waals surface area contributed by atoms with Crippen LogP contribution in [0.3, 0.4) is 0 Å². The number of rotatable bonds is 14. The number of carbonyl (C=O) groups excluding carboxylic acids is 4. The molecule has 2 aliphatic rings. The van der Waals surface area contributed by atoms with Crippen molar-refractivity contribution in [3.63, 3.8) is 0 Å². The largest absolute Gasteiger partial charge is 0.497 e. The minimum atomic E-state index is -0.915. The number of fused-ring (bicyclic) bond motifs is 2. The first-order valence-electron chi connectivity index (χ1n) is 19.7. The molecule has 0 saturated carbocycles. The number of halogens is 3. The molecule has 2 N–H and O–H groups in total. The summed E-state index contributed by atoms with van der Waals surface area (Å²) in [5.74, 6) is -2.30. The maximum absolute atomic E-state index is 15.7. The second-order valence-electron chi connectivity index (χ2n) is 15.8. The van der Waals surface area contributed by atoms with Gasteiger partial charge < -0.3 is 29.3 Å². The number of benzene rings is 2. The molecule has 3 aromatic heterocycles. The summed E-state index contributed by atoms with van der Waals surface area (Å²) in [4.78, 5) is 68.5. The zero-order chi connectivity index (χ0) is 46.0. The fourth-order valence-corrected chi connectivity index (χ4v) is 9.95. The number of hydrogen-bond donors (Lipinski definition) is 1. The highest BCUT2D eigenvalue weighted by molar-refractivity contribution is 8.00. The van der Waals surface area contributed by atoms with E-state index in [1.807, 2.05) is 33.7 Å². The van der Waals surface area contributed by atoms with Gasteiger partial charge in [0, 0.05) is 51.5 Å². The van der Waals surface area contributed by atoms with E-state index in [1.165, 1.54) is 41.2 Å². The predicted molar refractivity (Wildman–Crippen MR) is 241 cm³/mol. The van der Waals surface area contributed by atoms with Crippen LogP contribution in [0.5, 0.6) is 5.75 Å². The van der Waals surface area contributed by atoms with E-state index in [2.05, 4.69) is 15.1 Å². The van der Waals surface area contributed by atoms with Crippen molar-refractivity contribution in [2.45, 2.75) is 64.8 Å². The van der Waals surface area contributed by atoms with Crippen LogP contribution in [0.1, 0.15) is 54.6 Å². The number of carbonyl (C=O) groups is 4. The van der Waals surface area contributed by atoms with Crippen molar-refractivity contribution >= 4 is 92.5 Å². The molecule has 5 aromatic rings. The number of oxime groups is 1. The summed E-state index contributed by atoms with van der Waals surface area (Å²) in [5, 5.41) is 4.91. The van der Waals surface area contributed by atoms with Crippen LogP contribution in [0.25, 0.3) is 10.9 Å². The van der Waals surface area contributed by atoms with Gasteiger partial charge in [0.25, 0.3) is 0 Å². The SMILES string of the molecule is CO/N=C(\C(=O)C[C@@H]1C(=O)N2C(C(=O)OCc3ccc(OC)cc3)=C(C[n+]3ccc4ccn(Cc5c(F)cc(C(N)=NC(=O)OC(C)(C)C)cc5Cl)c4c3)CS[C@H]12)c1nc(C)sc1Cl. The van der Waals surface area contributed by atoms with Crippen molar-refractivity contribution in [3.05, 3.63) is 121 Å². The van der Waals surface area contributed by atoms with Crippen LogP contribution in [0, 0.1) is 18.7 Å². The fraction of sp³-hybridized carbons (Fsp3) is 0.318. The number of aryl methyl sites for hydroxylation is 1. The molecule has 334 valence electrons. The topological polar surface area (TPSA) is 181 Å². The number of hydrogen-bond acceptors (Lipinski definition) is 12. The van der Waals surface area contributed by atoms with Crippen LogP contribution in [0.4, 0.5) is 9.18 Å². The first-order chi connectivity index (χ1) is 30.4. The standard InChI is InChI=1S/C44H42Cl2FN7O8S2/c1-23-49-36(38(46)64-23)35(51-60-6)34(55)17-29-40(56)54-37(42(57)61-21-24-7-9-28(59-5)10-8-24)27(22-63-41(29)54)18-52-13-11-25-12-14-53(33(25)20-52)19-30-31(45)15-26(16-32(30)47)39(48)50-43(58)62-44(2,3)4/h7-16,20,29,41H,17-19,21-22H2,1-6H3,(H-,48,50,58)/p+1/b51-35+/t29-,41-/m1/s1. The predicted octanol–water partition coefficient (Wildman–Crippen LogP) is 7.38. The molecule has 15 nitrogen and oxygen atoms in total. The third kappa shape index (κ3) is 10.1. The molecule has 0 aliphatic carbocycles. The number of Topliss-reactive ketones (excluding diaryl/α,β-unsaturated/α-hetero) is 1. The van der Waals surface area contributed by atoms with Gasteiger partial charge in [-0.2, -0.15) is 9.56 Å². The van der Waals surface area contributed by atoms with Gasteiger partial charge in [0.15, 0.2) is 30.4 Å². The maximum atomic E-state index is 15.7. The molecule has 5 heterocycles. The number of aromatic nitrogens is 3. The maximum Gasteiger partial charge on any atom is 0.436 e. The molecule has 0 radical (unpaired) electrons. The summed E-state index contributed by atoms with van der Waals surface area (Å²) in [6.07, 6.45) is 4.36. The van der Waals surface area contributed by atoms with Crippen LogP contribution >= 0.6 is 46.3 Å². The number of nitrogens with zero attached hydrogens (tertiary/aromatic N) is 6. The van der Waals surface area contributed by atoms with Gasteiger partial charge in [-0.3, -0.25) is 14.5 Å². The van der Waals surface area contributed by atoms with Gasteiger partial charge in [-0.25, -0.2) is 19.0 Å².